The van der Waals surface area contributed by atoms with E-state index < -0.39 is 17.5 Å². The lowest BCUT2D eigenvalue weighted by atomic mass is 10.2. The third kappa shape index (κ3) is 3.36. The minimum Gasteiger partial charge on any atom is -0.497 e. The van der Waals surface area contributed by atoms with Crippen LogP contribution < -0.4 is 10.5 Å². The first-order chi connectivity index (χ1) is 11.8. The van der Waals surface area contributed by atoms with Gasteiger partial charge in [0.05, 0.1) is 17.7 Å². The van der Waals surface area contributed by atoms with E-state index in [1.54, 1.807) is 24.3 Å². The van der Waals surface area contributed by atoms with Gasteiger partial charge in [0.1, 0.15) is 5.75 Å². The van der Waals surface area contributed by atoms with Crippen molar-refractivity contribution in [2.75, 3.05) is 7.11 Å². The summed E-state index contributed by atoms with van der Waals surface area (Å²) in [7, 11) is 1.47. The number of methoxy groups -OCH3 is 1. The predicted octanol–water partition coefficient (Wildman–Crippen LogP) is 3.57. The molecule has 2 aromatic heterocycles. The number of aromatic nitrogens is 3. The number of pyridine rings is 1. The molecule has 0 N–H and O–H groups in total. The van der Waals surface area contributed by atoms with Crippen LogP contribution in [0.25, 0.3) is 17.3 Å². The summed E-state index contributed by atoms with van der Waals surface area (Å²) in [6.45, 7) is 0. The van der Waals surface area contributed by atoms with E-state index in [-0.39, 0.29) is 16.7 Å². The second-order valence-corrected chi connectivity index (χ2v) is 5.25. The number of nitrogens with zero attached hydrogens (tertiary/aromatic N) is 3. The van der Waals surface area contributed by atoms with E-state index in [1.165, 1.54) is 7.11 Å². The summed E-state index contributed by atoms with van der Waals surface area (Å²) in [4.78, 5) is 15.6. The molecule has 130 valence electrons. The molecule has 0 aliphatic carbocycles. The molecule has 10 heteroatoms. The molecule has 2 heterocycles. The third-order valence-electron chi connectivity index (χ3n) is 3.21. The predicted molar refractivity (Wildman–Crippen MR) is 81.9 cm³/mol. The van der Waals surface area contributed by atoms with E-state index in [0.29, 0.717) is 28.3 Å². The smallest absolute Gasteiger partial charge is 0.443 e. The Balaban J connectivity index is 2.05. The van der Waals surface area contributed by atoms with Gasteiger partial charge >= 0.3 is 11.9 Å². The summed E-state index contributed by atoms with van der Waals surface area (Å²) in [5.74, 6) is -0.744. The van der Waals surface area contributed by atoms with Crippen LogP contribution in [-0.4, -0.2) is 21.9 Å². The van der Waals surface area contributed by atoms with Crippen LogP contribution in [0, 0.1) is 0 Å². The second-order valence-electron chi connectivity index (χ2n) is 4.84. The maximum absolute atomic E-state index is 12.7. The van der Waals surface area contributed by atoms with E-state index >= 15 is 0 Å². The average Bonchev–Trinajstić information content (AvgIpc) is 2.95. The van der Waals surface area contributed by atoms with Crippen LogP contribution in [0.5, 0.6) is 5.75 Å². The van der Waals surface area contributed by atoms with Crippen LogP contribution in [0.3, 0.4) is 0 Å². The molecule has 0 aliphatic rings. The highest BCUT2D eigenvalue weighted by molar-refractivity contribution is 6.32. The Kier molecular flexibility index (Phi) is 4.25. The standard InChI is InChI=1S/C15H9ClF3N3O3/c1-24-10-4-2-3-8(5-10)13-21-22(14(23)25-13)12-11(16)6-9(7-20-12)15(17,18)19/h2-7H,1H3. The molecule has 0 spiro atoms. The molecule has 0 amide bonds. The lowest BCUT2D eigenvalue weighted by molar-refractivity contribution is -0.137. The van der Waals surface area contributed by atoms with Crippen molar-refractivity contribution in [1.29, 1.82) is 0 Å². The van der Waals surface area contributed by atoms with Gasteiger partial charge in [-0.25, -0.2) is 9.78 Å². The second kappa shape index (κ2) is 6.25. The zero-order chi connectivity index (χ0) is 18.2. The van der Waals surface area contributed by atoms with Gasteiger partial charge in [-0.15, -0.1) is 9.78 Å². The fourth-order valence-corrected chi connectivity index (χ4v) is 2.27. The van der Waals surface area contributed by atoms with Crippen molar-refractivity contribution in [3.8, 4) is 23.0 Å². The number of hydrogen-bond donors (Lipinski definition) is 0. The molecule has 3 rings (SSSR count). The van der Waals surface area contributed by atoms with Gasteiger partial charge in [0, 0.05) is 11.8 Å². The molecule has 0 fully saturated rings. The van der Waals surface area contributed by atoms with Gasteiger partial charge in [-0.3, -0.25) is 0 Å². The van der Waals surface area contributed by atoms with Gasteiger partial charge in [-0.05, 0) is 24.3 Å². The Morgan fingerprint density at radius 3 is 2.68 bits per heavy atom. The van der Waals surface area contributed by atoms with Crippen molar-refractivity contribution in [1.82, 2.24) is 14.8 Å². The van der Waals surface area contributed by atoms with Crippen molar-refractivity contribution in [2.45, 2.75) is 6.18 Å². The monoisotopic (exact) mass is 371 g/mol. The van der Waals surface area contributed by atoms with Crippen LogP contribution in [0.4, 0.5) is 13.2 Å². The molecule has 6 nitrogen and oxygen atoms in total. The maximum Gasteiger partial charge on any atom is 0.443 e. The van der Waals surface area contributed by atoms with Gasteiger partial charge in [-0.1, -0.05) is 17.7 Å². The molecule has 0 aliphatic heterocycles. The molecule has 0 unspecified atom stereocenters. The zero-order valence-corrected chi connectivity index (χ0v) is 13.3. The van der Waals surface area contributed by atoms with Crippen LogP contribution >= 0.6 is 11.6 Å². The third-order valence-corrected chi connectivity index (χ3v) is 3.49. The van der Waals surface area contributed by atoms with Gasteiger partial charge in [0.15, 0.2) is 5.82 Å². The molecule has 1 aromatic carbocycles. The SMILES string of the molecule is COc1cccc(-c2nn(-c3ncc(C(F)(F)F)cc3Cl)c(=O)o2)c1. The molecule has 3 aromatic rings. The Bertz CT molecular complexity index is 982. The van der Waals surface area contributed by atoms with Crippen LogP contribution in [0.2, 0.25) is 5.02 Å². The molecule has 0 saturated heterocycles. The quantitative estimate of drug-likeness (QED) is 0.704. The first kappa shape index (κ1) is 17.0. The van der Waals surface area contributed by atoms with Crippen molar-refractivity contribution in [3.05, 3.63) is 57.7 Å². The Hall–Kier alpha value is -2.81. The molecule has 0 saturated carbocycles. The fourth-order valence-electron chi connectivity index (χ4n) is 2.03. The number of rotatable bonds is 3. The summed E-state index contributed by atoms with van der Waals surface area (Å²) < 4.78 is 48.8. The van der Waals surface area contributed by atoms with E-state index in [4.69, 9.17) is 20.8 Å². The van der Waals surface area contributed by atoms with Gasteiger partial charge in [-0.2, -0.15) is 13.2 Å². The summed E-state index contributed by atoms with van der Waals surface area (Å²) in [6.07, 6.45) is -4.04. The van der Waals surface area contributed by atoms with E-state index in [0.717, 1.165) is 0 Å². The summed E-state index contributed by atoms with van der Waals surface area (Å²) in [6, 6.07) is 7.22. The lowest BCUT2D eigenvalue weighted by Gasteiger charge is -2.07. The van der Waals surface area contributed by atoms with E-state index in [1.807, 2.05) is 0 Å². The van der Waals surface area contributed by atoms with Crippen molar-refractivity contribution < 1.29 is 22.3 Å². The summed E-state index contributed by atoms with van der Waals surface area (Å²) >= 11 is 5.82. The highest BCUT2D eigenvalue weighted by Gasteiger charge is 2.32. The maximum atomic E-state index is 12.7. The minimum absolute atomic E-state index is 0.0540. The molecule has 0 radical (unpaired) electrons. The highest BCUT2D eigenvalue weighted by Crippen LogP contribution is 2.31. The normalized spacial score (nSPS) is 11.6. The van der Waals surface area contributed by atoms with Crippen molar-refractivity contribution in [2.24, 2.45) is 0 Å². The van der Waals surface area contributed by atoms with Crippen LogP contribution in [-0.2, 0) is 6.18 Å². The minimum atomic E-state index is -4.60. The van der Waals surface area contributed by atoms with Crippen LogP contribution in [0.15, 0.2) is 45.7 Å². The van der Waals surface area contributed by atoms with Crippen molar-refractivity contribution >= 4 is 11.6 Å². The van der Waals surface area contributed by atoms with Gasteiger partial charge in [0.2, 0.25) is 5.89 Å². The topological polar surface area (TPSA) is 70.2 Å². The Labute approximate surface area is 143 Å². The molecule has 0 bridgehead atoms. The lowest BCUT2D eigenvalue weighted by Crippen LogP contribution is -2.16. The Morgan fingerprint density at radius 2 is 2.04 bits per heavy atom. The first-order valence-electron chi connectivity index (χ1n) is 6.77. The zero-order valence-electron chi connectivity index (χ0n) is 12.5. The van der Waals surface area contributed by atoms with Crippen LogP contribution in [0.1, 0.15) is 5.56 Å². The van der Waals surface area contributed by atoms with Gasteiger partial charge < -0.3 is 9.15 Å². The molecular formula is C15H9ClF3N3O3. The number of hydrogen-bond acceptors (Lipinski definition) is 5. The fraction of sp³-hybridized carbons (Fsp3) is 0.133. The molecular weight excluding hydrogens is 363 g/mol. The number of ether oxygens (including phenoxy) is 1. The largest absolute Gasteiger partial charge is 0.497 e. The first-order valence-corrected chi connectivity index (χ1v) is 7.15. The Morgan fingerprint density at radius 1 is 1.28 bits per heavy atom. The summed E-state index contributed by atoms with van der Waals surface area (Å²) in [5.41, 5.74) is -0.593. The number of halogens is 4. The highest BCUT2D eigenvalue weighted by atomic mass is 35.5. The average molecular weight is 372 g/mol. The molecule has 25 heavy (non-hydrogen) atoms. The van der Waals surface area contributed by atoms with E-state index in [2.05, 4.69) is 10.1 Å². The van der Waals surface area contributed by atoms with E-state index in [9.17, 15) is 18.0 Å². The summed E-state index contributed by atoms with van der Waals surface area (Å²) in [5, 5.41) is 3.55. The number of alkyl halides is 3. The number of benzene rings is 1. The molecule has 0 atom stereocenters. The van der Waals surface area contributed by atoms with Crippen molar-refractivity contribution in [3.63, 3.8) is 0 Å². The van der Waals surface area contributed by atoms with Gasteiger partial charge in [0.25, 0.3) is 0 Å².